The number of anilines is 1. The number of hydrogen-bond acceptors (Lipinski definition) is 4. The smallest absolute Gasteiger partial charge is 0.255 e. The zero-order chi connectivity index (χ0) is 12.7. The average Bonchev–Trinajstić information content (AvgIpc) is 2.77. The largest absolute Gasteiger partial charge is 0.397 e. The molecule has 0 saturated heterocycles. The molecule has 0 radical (unpaired) electrons. The Balaban J connectivity index is 2.33. The first kappa shape index (κ1) is 11.3. The summed E-state index contributed by atoms with van der Waals surface area (Å²) in [7, 11) is 0. The summed E-state index contributed by atoms with van der Waals surface area (Å²) in [5.74, 6) is 1.04. The number of nitrogens with two attached hydrogens (primary N) is 1. The van der Waals surface area contributed by atoms with E-state index in [0.29, 0.717) is 32.9 Å². The Kier molecular flexibility index (Phi) is 2.57. The summed E-state index contributed by atoms with van der Waals surface area (Å²) in [6, 6.07) is 5.07. The van der Waals surface area contributed by atoms with Gasteiger partial charge < -0.3 is 5.73 Å². The second kappa shape index (κ2) is 4.12. The first-order chi connectivity index (χ1) is 8.66. The van der Waals surface area contributed by atoms with Crippen molar-refractivity contribution in [3.63, 3.8) is 0 Å². The van der Waals surface area contributed by atoms with Gasteiger partial charge in [0.15, 0.2) is 5.82 Å². The van der Waals surface area contributed by atoms with Crippen molar-refractivity contribution in [3.8, 4) is 11.4 Å². The summed E-state index contributed by atoms with van der Waals surface area (Å²) in [5.41, 5.74) is 6.99. The van der Waals surface area contributed by atoms with Crippen LogP contribution in [0.4, 0.5) is 5.69 Å². The Hall–Kier alpha value is -1.85. The highest BCUT2D eigenvalue weighted by Gasteiger charge is 2.14. The molecule has 1 aromatic carbocycles. The fourth-order valence-corrected chi connectivity index (χ4v) is 2.19. The molecule has 2 aromatic heterocycles. The van der Waals surface area contributed by atoms with Gasteiger partial charge in [-0.2, -0.15) is 0 Å². The van der Waals surface area contributed by atoms with Gasteiger partial charge in [0.2, 0.25) is 0 Å². The minimum Gasteiger partial charge on any atom is -0.397 e. The molecule has 0 amide bonds. The first-order valence-electron chi connectivity index (χ1n) is 5.07. The van der Waals surface area contributed by atoms with E-state index >= 15 is 0 Å². The molecule has 0 aliphatic carbocycles. The summed E-state index contributed by atoms with van der Waals surface area (Å²) < 4.78 is 1.72. The van der Waals surface area contributed by atoms with Crippen LogP contribution in [-0.2, 0) is 0 Å². The molecule has 0 spiro atoms. The quantitative estimate of drug-likeness (QED) is 0.696. The van der Waals surface area contributed by atoms with Crippen molar-refractivity contribution in [1.82, 2.24) is 19.6 Å². The van der Waals surface area contributed by atoms with Crippen LogP contribution >= 0.6 is 23.2 Å². The zero-order valence-electron chi connectivity index (χ0n) is 9.01. The lowest BCUT2D eigenvalue weighted by Gasteiger charge is -2.06. The Morgan fingerprint density at radius 1 is 1.17 bits per heavy atom. The zero-order valence-corrected chi connectivity index (χ0v) is 10.5. The van der Waals surface area contributed by atoms with E-state index in [1.54, 1.807) is 35.0 Å². The molecule has 0 atom stereocenters. The van der Waals surface area contributed by atoms with E-state index in [-0.39, 0.29) is 0 Å². The Morgan fingerprint density at radius 2 is 2.00 bits per heavy atom. The standard InChI is InChI=1S/C11H7Cl2N5/c12-6-4-7(9(14)8(13)5-6)10-16-17-11-15-2-1-3-18(10)11/h1-5H,14H2. The van der Waals surface area contributed by atoms with Crippen LogP contribution in [0.25, 0.3) is 17.2 Å². The minimum atomic E-state index is 0.387. The number of fused-ring (bicyclic) bond motifs is 1. The normalized spacial score (nSPS) is 11.0. The third-order valence-electron chi connectivity index (χ3n) is 2.52. The van der Waals surface area contributed by atoms with Crippen molar-refractivity contribution < 1.29 is 0 Å². The van der Waals surface area contributed by atoms with Gasteiger partial charge in [0.1, 0.15) is 0 Å². The molecule has 0 unspecified atom stereocenters. The van der Waals surface area contributed by atoms with Gasteiger partial charge in [-0.05, 0) is 18.2 Å². The maximum absolute atomic E-state index is 6.00. The Labute approximate surface area is 112 Å². The van der Waals surface area contributed by atoms with Gasteiger partial charge in [0.25, 0.3) is 5.78 Å². The van der Waals surface area contributed by atoms with E-state index in [1.165, 1.54) is 0 Å². The van der Waals surface area contributed by atoms with E-state index in [0.717, 1.165) is 0 Å². The number of rotatable bonds is 1. The second-order valence-electron chi connectivity index (χ2n) is 3.66. The molecule has 0 saturated carbocycles. The molecule has 0 bridgehead atoms. The Morgan fingerprint density at radius 3 is 2.83 bits per heavy atom. The lowest BCUT2D eigenvalue weighted by atomic mass is 10.1. The van der Waals surface area contributed by atoms with Crippen molar-refractivity contribution >= 4 is 34.7 Å². The highest BCUT2D eigenvalue weighted by Crippen LogP contribution is 2.33. The van der Waals surface area contributed by atoms with Crippen LogP contribution in [0.1, 0.15) is 0 Å². The molecule has 3 rings (SSSR count). The number of halogens is 2. The average molecular weight is 280 g/mol. The monoisotopic (exact) mass is 279 g/mol. The number of nitrogens with zero attached hydrogens (tertiary/aromatic N) is 4. The van der Waals surface area contributed by atoms with Crippen LogP contribution in [0.15, 0.2) is 30.6 Å². The van der Waals surface area contributed by atoms with Crippen LogP contribution in [0.5, 0.6) is 0 Å². The van der Waals surface area contributed by atoms with Crippen molar-refractivity contribution in [3.05, 3.63) is 40.6 Å². The van der Waals surface area contributed by atoms with E-state index in [9.17, 15) is 0 Å². The van der Waals surface area contributed by atoms with E-state index in [1.807, 2.05) is 0 Å². The summed E-state index contributed by atoms with van der Waals surface area (Å²) in [6.45, 7) is 0. The first-order valence-corrected chi connectivity index (χ1v) is 5.83. The van der Waals surface area contributed by atoms with Gasteiger partial charge in [0, 0.05) is 23.0 Å². The number of benzene rings is 1. The van der Waals surface area contributed by atoms with Crippen molar-refractivity contribution in [2.75, 3.05) is 5.73 Å². The van der Waals surface area contributed by atoms with Crippen LogP contribution in [0.3, 0.4) is 0 Å². The van der Waals surface area contributed by atoms with E-state index in [4.69, 9.17) is 28.9 Å². The van der Waals surface area contributed by atoms with Crippen LogP contribution < -0.4 is 5.73 Å². The molecule has 0 fully saturated rings. The fraction of sp³-hybridized carbons (Fsp3) is 0. The molecule has 90 valence electrons. The van der Waals surface area contributed by atoms with Crippen LogP contribution in [0.2, 0.25) is 10.0 Å². The molecular formula is C11H7Cl2N5. The van der Waals surface area contributed by atoms with Gasteiger partial charge >= 0.3 is 0 Å². The molecule has 2 heterocycles. The Bertz CT molecular complexity index is 737. The highest BCUT2D eigenvalue weighted by molar-refractivity contribution is 6.37. The number of hydrogen-bond donors (Lipinski definition) is 1. The summed E-state index contributed by atoms with van der Waals surface area (Å²) in [6.07, 6.45) is 3.44. The van der Waals surface area contributed by atoms with Gasteiger partial charge in [-0.15, -0.1) is 10.2 Å². The second-order valence-corrected chi connectivity index (χ2v) is 4.51. The van der Waals surface area contributed by atoms with Gasteiger partial charge in [-0.1, -0.05) is 23.2 Å². The van der Waals surface area contributed by atoms with Crippen molar-refractivity contribution in [2.24, 2.45) is 0 Å². The molecule has 2 N–H and O–H groups in total. The summed E-state index contributed by atoms with van der Waals surface area (Å²) in [5, 5.41) is 8.90. The molecule has 3 aromatic rings. The molecule has 5 nitrogen and oxygen atoms in total. The molecule has 0 aliphatic rings. The summed E-state index contributed by atoms with van der Waals surface area (Å²) >= 11 is 12.0. The minimum absolute atomic E-state index is 0.387. The lowest BCUT2D eigenvalue weighted by molar-refractivity contribution is 1.10. The summed E-state index contributed by atoms with van der Waals surface area (Å²) in [4.78, 5) is 4.08. The molecular weight excluding hydrogens is 273 g/mol. The predicted molar refractivity (Wildman–Crippen MR) is 70.7 cm³/mol. The molecule has 18 heavy (non-hydrogen) atoms. The van der Waals surface area contributed by atoms with Gasteiger partial charge in [-0.3, -0.25) is 4.40 Å². The van der Waals surface area contributed by atoms with Crippen LogP contribution in [0, 0.1) is 0 Å². The third-order valence-corrected chi connectivity index (χ3v) is 3.06. The van der Waals surface area contributed by atoms with Crippen molar-refractivity contribution in [1.29, 1.82) is 0 Å². The molecule has 7 heteroatoms. The molecule has 0 aliphatic heterocycles. The highest BCUT2D eigenvalue weighted by atomic mass is 35.5. The maximum Gasteiger partial charge on any atom is 0.255 e. The fourth-order valence-electron chi connectivity index (χ4n) is 1.70. The maximum atomic E-state index is 6.00. The van der Waals surface area contributed by atoms with E-state index in [2.05, 4.69) is 15.2 Å². The van der Waals surface area contributed by atoms with E-state index < -0.39 is 0 Å². The topological polar surface area (TPSA) is 69.1 Å². The number of nitrogen functional groups attached to an aromatic ring is 1. The van der Waals surface area contributed by atoms with Crippen molar-refractivity contribution in [2.45, 2.75) is 0 Å². The van der Waals surface area contributed by atoms with Gasteiger partial charge in [-0.25, -0.2) is 4.98 Å². The van der Waals surface area contributed by atoms with Crippen LogP contribution in [-0.4, -0.2) is 19.6 Å². The predicted octanol–water partition coefficient (Wildman–Crippen LogP) is 2.68. The lowest BCUT2D eigenvalue weighted by Crippen LogP contribution is -1.96. The SMILES string of the molecule is Nc1c(Cl)cc(Cl)cc1-c1nnc2ncccn12. The number of aromatic nitrogens is 4. The van der Waals surface area contributed by atoms with Gasteiger partial charge in [0.05, 0.1) is 10.7 Å². The third kappa shape index (κ3) is 1.68.